The van der Waals surface area contributed by atoms with Gasteiger partial charge in [-0.2, -0.15) is 0 Å². The van der Waals surface area contributed by atoms with E-state index in [0.29, 0.717) is 0 Å². The van der Waals surface area contributed by atoms with Crippen LogP contribution in [0.1, 0.15) is 17.8 Å². The zero-order valence-corrected chi connectivity index (χ0v) is 10.8. The Kier molecular flexibility index (Phi) is 3.61. The molecule has 0 bridgehead atoms. The topological polar surface area (TPSA) is 56.5 Å². The van der Waals surface area contributed by atoms with E-state index >= 15 is 0 Å². The number of rotatable bonds is 6. The molecule has 0 aliphatic rings. The Bertz CT molecular complexity index is 624. The van der Waals surface area contributed by atoms with E-state index in [1.165, 1.54) is 16.5 Å². The van der Waals surface area contributed by atoms with Crippen LogP contribution in [0.2, 0.25) is 0 Å². The van der Waals surface area contributed by atoms with Gasteiger partial charge in [-0.25, -0.2) is 4.98 Å². The largest absolute Gasteiger partial charge is 0.361 e. The Morgan fingerprint density at radius 1 is 1.11 bits per heavy atom. The molecule has 1 aromatic carbocycles. The molecule has 0 aliphatic carbocycles. The van der Waals surface area contributed by atoms with Crippen molar-refractivity contribution in [1.29, 1.82) is 0 Å². The summed E-state index contributed by atoms with van der Waals surface area (Å²) in [6.45, 7) is 1.91. The molecule has 4 heteroatoms. The average molecular weight is 254 g/mol. The first-order valence-electron chi connectivity index (χ1n) is 6.67. The number of nitrogens with one attached hydrogen (secondary N) is 3. The smallest absolute Gasteiger partial charge is 0.106 e. The molecule has 19 heavy (non-hydrogen) atoms. The highest BCUT2D eigenvalue weighted by Crippen LogP contribution is 2.13. The van der Waals surface area contributed by atoms with Gasteiger partial charge in [0.2, 0.25) is 0 Å². The number of benzene rings is 1. The van der Waals surface area contributed by atoms with E-state index in [1.54, 1.807) is 6.20 Å². The number of aryl methyl sites for hydroxylation is 1. The Hall–Kier alpha value is -2.07. The molecule has 0 amide bonds. The SMILES string of the molecule is c1c[nH]c(CCCNCc2ccc3cc[nH]c3c2)n1. The molecule has 0 spiro atoms. The second kappa shape index (κ2) is 5.71. The lowest BCUT2D eigenvalue weighted by Gasteiger charge is -2.04. The molecular weight excluding hydrogens is 236 g/mol. The number of fused-ring (bicyclic) bond motifs is 1. The highest BCUT2D eigenvalue weighted by atomic mass is 14.9. The van der Waals surface area contributed by atoms with Gasteiger partial charge in [-0.3, -0.25) is 0 Å². The van der Waals surface area contributed by atoms with Crippen molar-refractivity contribution in [3.63, 3.8) is 0 Å². The third kappa shape index (κ3) is 3.03. The minimum absolute atomic E-state index is 0.910. The quantitative estimate of drug-likeness (QED) is 0.592. The fourth-order valence-corrected chi connectivity index (χ4v) is 2.25. The average Bonchev–Trinajstić information content (AvgIpc) is 3.08. The minimum atomic E-state index is 0.910. The number of H-pyrrole nitrogens is 2. The van der Waals surface area contributed by atoms with Crippen molar-refractivity contribution < 1.29 is 0 Å². The zero-order chi connectivity index (χ0) is 12.9. The van der Waals surface area contributed by atoms with Gasteiger partial charge in [0.1, 0.15) is 5.82 Å². The Morgan fingerprint density at radius 2 is 2.11 bits per heavy atom. The maximum absolute atomic E-state index is 4.21. The molecule has 0 atom stereocenters. The number of aromatic nitrogens is 3. The normalized spacial score (nSPS) is 11.2. The molecule has 0 aliphatic heterocycles. The van der Waals surface area contributed by atoms with Crippen LogP contribution < -0.4 is 5.32 Å². The lowest BCUT2D eigenvalue weighted by atomic mass is 10.1. The summed E-state index contributed by atoms with van der Waals surface area (Å²) in [5.74, 6) is 1.06. The highest BCUT2D eigenvalue weighted by molar-refractivity contribution is 5.79. The van der Waals surface area contributed by atoms with Crippen molar-refractivity contribution in [2.24, 2.45) is 0 Å². The Balaban J connectivity index is 1.44. The lowest BCUT2D eigenvalue weighted by Crippen LogP contribution is -2.15. The van der Waals surface area contributed by atoms with Crippen LogP contribution in [-0.2, 0) is 13.0 Å². The van der Waals surface area contributed by atoms with Gasteiger partial charge in [0.15, 0.2) is 0 Å². The van der Waals surface area contributed by atoms with Gasteiger partial charge in [-0.1, -0.05) is 12.1 Å². The van der Waals surface area contributed by atoms with Crippen LogP contribution in [0.5, 0.6) is 0 Å². The summed E-state index contributed by atoms with van der Waals surface area (Å²) >= 11 is 0. The van der Waals surface area contributed by atoms with Gasteiger partial charge in [-0.05, 0) is 36.0 Å². The molecule has 3 aromatic rings. The third-order valence-electron chi connectivity index (χ3n) is 3.27. The molecular formula is C15H18N4. The molecule has 0 saturated heterocycles. The predicted molar refractivity (Wildman–Crippen MR) is 76.9 cm³/mol. The van der Waals surface area contributed by atoms with Crippen LogP contribution in [0.15, 0.2) is 42.9 Å². The van der Waals surface area contributed by atoms with Crippen molar-refractivity contribution in [3.05, 3.63) is 54.2 Å². The third-order valence-corrected chi connectivity index (χ3v) is 3.27. The van der Waals surface area contributed by atoms with Gasteiger partial charge >= 0.3 is 0 Å². The number of imidazole rings is 1. The number of hydrogen-bond donors (Lipinski definition) is 3. The van der Waals surface area contributed by atoms with Gasteiger partial charge in [0.25, 0.3) is 0 Å². The van der Waals surface area contributed by atoms with Crippen LogP contribution in [0.25, 0.3) is 10.9 Å². The van der Waals surface area contributed by atoms with Gasteiger partial charge < -0.3 is 15.3 Å². The molecule has 3 N–H and O–H groups in total. The number of nitrogens with zero attached hydrogens (tertiary/aromatic N) is 1. The summed E-state index contributed by atoms with van der Waals surface area (Å²) in [4.78, 5) is 10.6. The number of hydrogen-bond acceptors (Lipinski definition) is 2. The van der Waals surface area contributed by atoms with Crippen LogP contribution in [-0.4, -0.2) is 21.5 Å². The summed E-state index contributed by atoms with van der Waals surface area (Å²) in [5.41, 5.74) is 2.52. The van der Waals surface area contributed by atoms with Gasteiger partial charge in [0, 0.05) is 37.1 Å². The van der Waals surface area contributed by atoms with E-state index in [4.69, 9.17) is 0 Å². The molecule has 2 heterocycles. The summed E-state index contributed by atoms with van der Waals surface area (Å²) in [6, 6.07) is 8.63. The van der Waals surface area contributed by atoms with Crippen LogP contribution in [0, 0.1) is 0 Å². The van der Waals surface area contributed by atoms with E-state index in [0.717, 1.165) is 31.8 Å². The summed E-state index contributed by atoms with van der Waals surface area (Å²) in [7, 11) is 0. The van der Waals surface area contributed by atoms with Crippen molar-refractivity contribution >= 4 is 10.9 Å². The first-order valence-corrected chi connectivity index (χ1v) is 6.67. The van der Waals surface area contributed by atoms with E-state index in [2.05, 4.69) is 44.5 Å². The molecule has 0 radical (unpaired) electrons. The minimum Gasteiger partial charge on any atom is -0.361 e. The first-order chi connectivity index (χ1) is 9.42. The maximum Gasteiger partial charge on any atom is 0.106 e. The monoisotopic (exact) mass is 254 g/mol. The molecule has 4 nitrogen and oxygen atoms in total. The fourth-order valence-electron chi connectivity index (χ4n) is 2.25. The van der Waals surface area contributed by atoms with E-state index in [9.17, 15) is 0 Å². The van der Waals surface area contributed by atoms with Crippen LogP contribution in [0.4, 0.5) is 0 Å². The second-order valence-corrected chi connectivity index (χ2v) is 4.72. The van der Waals surface area contributed by atoms with E-state index in [-0.39, 0.29) is 0 Å². The standard InChI is InChI=1S/C15H18N4/c1(2-15-18-8-9-19-15)6-16-11-12-3-4-13-5-7-17-14(13)10-12/h3-5,7-10,16-17H,1-2,6,11H2,(H,18,19). The predicted octanol–water partition coefficient (Wildman–Crippen LogP) is 2.61. The number of aromatic amines is 2. The zero-order valence-electron chi connectivity index (χ0n) is 10.8. The summed E-state index contributed by atoms with van der Waals surface area (Å²) in [5, 5.41) is 4.73. The molecule has 0 saturated carbocycles. The van der Waals surface area contributed by atoms with Crippen LogP contribution >= 0.6 is 0 Å². The Labute approximate surface area is 112 Å². The maximum atomic E-state index is 4.21. The van der Waals surface area contributed by atoms with Crippen molar-refractivity contribution in [2.75, 3.05) is 6.54 Å². The van der Waals surface area contributed by atoms with Crippen molar-refractivity contribution in [1.82, 2.24) is 20.3 Å². The molecule has 0 unspecified atom stereocenters. The van der Waals surface area contributed by atoms with E-state index < -0.39 is 0 Å². The van der Waals surface area contributed by atoms with Crippen LogP contribution in [0.3, 0.4) is 0 Å². The van der Waals surface area contributed by atoms with Gasteiger partial charge in [0.05, 0.1) is 0 Å². The lowest BCUT2D eigenvalue weighted by molar-refractivity contribution is 0.641. The highest BCUT2D eigenvalue weighted by Gasteiger charge is 1.98. The summed E-state index contributed by atoms with van der Waals surface area (Å²) in [6.07, 6.45) is 7.74. The van der Waals surface area contributed by atoms with E-state index in [1.807, 2.05) is 12.4 Å². The molecule has 98 valence electrons. The van der Waals surface area contributed by atoms with Gasteiger partial charge in [-0.15, -0.1) is 0 Å². The van der Waals surface area contributed by atoms with Crippen molar-refractivity contribution in [3.8, 4) is 0 Å². The molecule has 3 rings (SSSR count). The first kappa shape index (κ1) is 12.0. The molecule has 0 fully saturated rings. The molecule has 2 aromatic heterocycles. The second-order valence-electron chi connectivity index (χ2n) is 4.72. The Morgan fingerprint density at radius 3 is 3.00 bits per heavy atom. The fraction of sp³-hybridized carbons (Fsp3) is 0.267. The van der Waals surface area contributed by atoms with Crippen molar-refractivity contribution in [2.45, 2.75) is 19.4 Å². The summed E-state index contributed by atoms with van der Waals surface area (Å²) < 4.78 is 0.